The van der Waals surface area contributed by atoms with Crippen LogP contribution in [0.3, 0.4) is 0 Å². The fourth-order valence-corrected chi connectivity index (χ4v) is 1.73. The smallest absolute Gasteiger partial charge is 0.147 e. The first-order valence-corrected chi connectivity index (χ1v) is 4.90. The lowest BCUT2D eigenvalue weighted by Crippen LogP contribution is -2.30. The van der Waals surface area contributed by atoms with Gasteiger partial charge >= 0.3 is 0 Å². The molecule has 0 radical (unpaired) electrons. The SMILES string of the molecule is Cc1cncc(N2CCCCC2)n1. The van der Waals surface area contributed by atoms with Gasteiger partial charge in [-0.3, -0.25) is 4.98 Å². The van der Waals surface area contributed by atoms with Crippen molar-refractivity contribution in [2.75, 3.05) is 18.0 Å². The molecular weight excluding hydrogens is 162 g/mol. The Morgan fingerprint density at radius 3 is 2.62 bits per heavy atom. The zero-order chi connectivity index (χ0) is 9.10. The van der Waals surface area contributed by atoms with Crippen molar-refractivity contribution in [1.82, 2.24) is 9.97 Å². The van der Waals surface area contributed by atoms with Crippen molar-refractivity contribution in [2.45, 2.75) is 26.2 Å². The van der Waals surface area contributed by atoms with E-state index < -0.39 is 0 Å². The number of hydrogen-bond donors (Lipinski definition) is 0. The van der Waals surface area contributed by atoms with E-state index in [2.05, 4.69) is 14.9 Å². The van der Waals surface area contributed by atoms with Crippen molar-refractivity contribution in [1.29, 1.82) is 0 Å². The summed E-state index contributed by atoms with van der Waals surface area (Å²) in [6, 6.07) is 0. The molecule has 13 heavy (non-hydrogen) atoms. The van der Waals surface area contributed by atoms with Crippen LogP contribution in [0.5, 0.6) is 0 Å². The van der Waals surface area contributed by atoms with E-state index >= 15 is 0 Å². The largest absolute Gasteiger partial charge is 0.355 e. The Balaban J connectivity index is 2.14. The molecular formula is C10H15N3. The maximum atomic E-state index is 4.46. The van der Waals surface area contributed by atoms with Crippen molar-refractivity contribution in [3.05, 3.63) is 18.1 Å². The fraction of sp³-hybridized carbons (Fsp3) is 0.600. The molecule has 1 aliphatic heterocycles. The zero-order valence-corrected chi connectivity index (χ0v) is 8.03. The Morgan fingerprint density at radius 2 is 1.92 bits per heavy atom. The number of aryl methyl sites for hydroxylation is 1. The van der Waals surface area contributed by atoms with Gasteiger partial charge in [0.05, 0.1) is 11.9 Å². The molecule has 0 unspecified atom stereocenters. The average molecular weight is 177 g/mol. The first-order valence-electron chi connectivity index (χ1n) is 4.90. The van der Waals surface area contributed by atoms with Gasteiger partial charge in [0.15, 0.2) is 0 Å². The second-order valence-corrected chi connectivity index (χ2v) is 3.57. The molecule has 0 N–H and O–H groups in total. The van der Waals surface area contributed by atoms with Gasteiger partial charge in [-0.2, -0.15) is 0 Å². The molecule has 0 atom stereocenters. The van der Waals surface area contributed by atoms with Crippen LogP contribution in [0, 0.1) is 6.92 Å². The lowest BCUT2D eigenvalue weighted by Gasteiger charge is -2.27. The summed E-state index contributed by atoms with van der Waals surface area (Å²) >= 11 is 0. The van der Waals surface area contributed by atoms with Gasteiger partial charge in [-0.25, -0.2) is 4.98 Å². The Hall–Kier alpha value is -1.12. The van der Waals surface area contributed by atoms with Gasteiger partial charge in [-0.05, 0) is 26.2 Å². The van der Waals surface area contributed by atoms with Gasteiger partial charge in [0, 0.05) is 19.3 Å². The van der Waals surface area contributed by atoms with Crippen molar-refractivity contribution >= 4 is 5.82 Å². The van der Waals surface area contributed by atoms with Crippen molar-refractivity contribution in [3.8, 4) is 0 Å². The summed E-state index contributed by atoms with van der Waals surface area (Å²) in [6.07, 6.45) is 7.59. The highest BCUT2D eigenvalue weighted by atomic mass is 15.2. The predicted molar refractivity (Wildman–Crippen MR) is 52.8 cm³/mol. The zero-order valence-electron chi connectivity index (χ0n) is 8.03. The molecule has 1 fully saturated rings. The van der Waals surface area contributed by atoms with E-state index in [0.29, 0.717) is 0 Å². The molecule has 1 aromatic rings. The third kappa shape index (κ3) is 1.97. The summed E-state index contributed by atoms with van der Waals surface area (Å²) in [5.41, 5.74) is 1.00. The maximum Gasteiger partial charge on any atom is 0.147 e. The Labute approximate surface area is 78.8 Å². The van der Waals surface area contributed by atoms with Crippen LogP contribution in [0.4, 0.5) is 5.82 Å². The van der Waals surface area contributed by atoms with Crippen molar-refractivity contribution in [2.24, 2.45) is 0 Å². The van der Waals surface area contributed by atoms with Gasteiger partial charge in [0.1, 0.15) is 5.82 Å². The molecule has 0 amide bonds. The van der Waals surface area contributed by atoms with Crippen molar-refractivity contribution < 1.29 is 0 Å². The second-order valence-electron chi connectivity index (χ2n) is 3.57. The van der Waals surface area contributed by atoms with Gasteiger partial charge in [-0.1, -0.05) is 0 Å². The maximum absolute atomic E-state index is 4.46. The molecule has 2 rings (SSSR count). The normalized spacial score (nSPS) is 17.5. The second kappa shape index (κ2) is 3.73. The third-order valence-corrected chi connectivity index (χ3v) is 2.42. The van der Waals surface area contributed by atoms with Crippen LogP contribution in [0.1, 0.15) is 25.0 Å². The molecule has 0 bridgehead atoms. The van der Waals surface area contributed by atoms with Crippen LogP contribution < -0.4 is 4.90 Å². The average Bonchev–Trinajstić information content (AvgIpc) is 2.19. The van der Waals surface area contributed by atoms with E-state index in [1.807, 2.05) is 13.1 Å². The monoisotopic (exact) mass is 177 g/mol. The van der Waals surface area contributed by atoms with Gasteiger partial charge < -0.3 is 4.90 Å². The minimum absolute atomic E-state index is 1.00. The first-order chi connectivity index (χ1) is 6.36. The minimum atomic E-state index is 1.00. The summed E-state index contributed by atoms with van der Waals surface area (Å²) in [4.78, 5) is 10.9. The lowest BCUT2D eigenvalue weighted by molar-refractivity contribution is 0.572. The topological polar surface area (TPSA) is 29.0 Å². The molecule has 0 spiro atoms. The first kappa shape index (κ1) is 8.48. The molecule has 3 heteroatoms. The summed E-state index contributed by atoms with van der Waals surface area (Å²) in [7, 11) is 0. The van der Waals surface area contributed by atoms with Crippen LogP contribution in [-0.2, 0) is 0 Å². The van der Waals surface area contributed by atoms with E-state index in [1.165, 1.54) is 19.3 Å². The number of aromatic nitrogens is 2. The molecule has 1 saturated heterocycles. The number of anilines is 1. The molecule has 0 aromatic carbocycles. The molecule has 3 nitrogen and oxygen atoms in total. The summed E-state index contributed by atoms with van der Waals surface area (Å²) in [5, 5.41) is 0. The Morgan fingerprint density at radius 1 is 1.15 bits per heavy atom. The van der Waals surface area contributed by atoms with Gasteiger partial charge in [0.25, 0.3) is 0 Å². The highest BCUT2D eigenvalue weighted by Gasteiger charge is 2.11. The summed E-state index contributed by atoms with van der Waals surface area (Å²) in [5.74, 6) is 1.04. The summed E-state index contributed by atoms with van der Waals surface area (Å²) in [6.45, 7) is 4.26. The van der Waals surface area contributed by atoms with E-state index in [1.54, 1.807) is 6.20 Å². The van der Waals surface area contributed by atoms with Crippen LogP contribution >= 0.6 is 0 Å². The van der Waals surface area contributed by atoms with E-state index in [-0.39, 0.29) is 0 Å². The number of piperidine rings is 1. The molecule has 70 valence electrons. The van der Waals surface area contributed by atoms with Crippen LogP contribution in [0.15, 0.2) is 12.4 Å². The van der Waals surface area contributed by atoms with E-state index in [4.69, 9.17) is 0 Å². The lowest BCUT2D eigenvalue weighted by atomic mass is 10.1. The molecule has 0 saturated carbocycles. The quantitative estimate of drug-likeness (QED) is 0.654. The van der Waals surface area contributed by atoms with Crippen LogP contribution in [0.25, 0.3) is 0 Å². The fourth-order valence-electron chi connectivity index (χ4n) is 1.73. The van der Waals surface area contributed by atoms with Gasteiger partial charge in [0.2, 0.25) is 0 Å². The summed E-state index contributed by atoms with van der Waals surface area (Å²) < 4.78 is 0. The Bertz CT molecular complexity index is 279. The van der Waals surface area contributed by atoms with E-state index in [0.717, 1.165) is 24.6 Å². The number of nitrogens with zero attached hydrogens (tertiary/aromatic N) is 3. The highest BCUT2D eigenvalue weighted by Crippen LogP contribution is 2.16. The third-order valence-electron chi connectivity index (χ3n) is 2.42. The molecule has 2 heterocycles. The predicted octanol–water partition coefficient (Wildman–Crippen LogP) is 1.78. The van der Waals surface area contributed by atoms with Crippen LogP contribution in [0.2, 0.25) is 0 Å². The number of hydrogen-bond acceptors (Lipinski definition) is 3. The van der Waals surface area contributed by atoms with Crippen LogP contribution in [-0.4, -0.2) is 23.1 Å². The molecule has 0 aliphatic carbocycles. The molecule has 1 aliphatic rings. The van der Waals surface area contributed by atoms with Crippen molar-refractivity contribution in [3.63, 3.8) is 0 Å². The standard InChI is InChI=1S/C10H15N3/c1-9-7-11-8-10(12-9)13-5-3-2-4-6-13/h7-8H,2-6H2,1H3. The van der Waals surface area contributed by atoms with Gasteiger partial charge in [-0.15, -0.1) is 0 Å². The minimum Gasteiger partial charge on any atom is -0.355 e. The number of rotatable bonds is 1. The molecule has 1 aromatic heterocycles. The van der Waals surface area contributed by atoms with E-state index in [9.17, 15) is 0 Å². The Kier molecular flexibility index (Phi) is 2.43. The highest BCUT2D eigenvalue weighted by molar-refractivity contribution is 5.36.